The zero-order chi connectivity index (χ0) is 20.7. The summed E-state index contributed by atoms with van der Waals surface area (Å²) in [4.78, 5) is 25.9. The molecule has 3 aromatic carbocycles. The lowest BCUT2D eigenvalue weighted by molar-refractivity contribution is 0.964. The molecule has 30 heavy (non-hydrogen) atoms. The topological polar surface area (TPSA) is 63.0 Å². The first kappa shape index (κ1) is 18.1. The molecule has 5 heteroatoms. The lowest BCUT2D eigenvalue weighted by atomic mass is 10.1. The van der Waals surface area contributed by atoms with Crippen LogP contribution in [0.4, 0.5) is 5.69 Å². The Kier molecular flexibility index (Phi) is 4.29. The summed E-state index contributed by atoms with van der Waals surface area (Å²) in [6.07, 6.45) is 0. The molecule has 0 spiro atoms. The van der Waals surface area contributed by atoms with Crippen LogP contribution in [0.1, 0.15) is 5.56 Å². The van der Waals surface area contributed by atoms with Gasteiger partial charge in [-0.2, -0.15) is 0 Å². The van der Waals surface area contributed by atoms with Crippen molar-refractivity contribution in [2.24, 2.45) is 12.0 Å². The van der Waals surface area contributed by atoms with Crippen LogP contribution in [-0.2, 0) is 7.05 Å². The van der Waals surface area contributed by atoms with E-state index < -0.39 is 0 Å². The molecule has 0 radical (unpaired) electrons. The van der Waals surface area contributed by atoms with E-state index in [0.29, 0.717) is 22.2 Å². The van der Waals surface area contributed by atoms with Gasteiger partial charge >= 0.3 is 0 Å². The van der Waals surface area contributed by atoms with Crippen LogP contribution in [0, 0.1) is 6.92 Å². The van der Waals surface area contributed by atoms with Gasteiger partial charge in [-0.05, 0) is 25.1 Å². The van der Waals surface area contributed by atoms with E-state index in [1.165, 1.54) is 0 Å². The third-order valence-electron chi connectivity index (χ3n) is 5.30. The molecular formula is C25H20N4O. The van der Waals surface area contributed by atoms with E-state index in [-0.39, 0.29) is 5.56 Å². The number of rotatable bonds is 2. The molecule has 0 saturated heterocycles. The van der Waals surface area contributed by atoms with Crippen molar-refractivity contribution >= 4 is 27.6 Å². The molecule has 2 heterocycles. The molecule has 5 nitrogen and oxygen atoms in total. The SMILES string of the molecule is Cc1ccc(N=c2c3ccccc3n(C)c3nc(-c4ccccc4)[nH]c(=O)c23)cc1. The molecule has 146 valence electrons. The lowest BCUT2D eigenvalue weighted by Gasteiger charge is -2.12. The Morgan fingerprint density at radius 1 is 0.900 bits per heavy atom. The fourth-order valence-corrected chi connectivity index (χ4v) is 3.73. The number of aromatic nitrogens is 3. The van der Waals surface area contributed by atoms with Crippen LogP contribution < -0.4 is 10.9 Å². The number of aryl methyl sites for hydroxylation is 2. The standard InChI is InChI=1S/C25H20N4O/c1-16-12-14-18(15-13-16)26-22-19-10-6-7-11-20(19)29(2)24-21(22)25(30)28-23(27-24)17-8-4-3-5-9-17/h3-15H,1-2H3,(H,27,28,30). The molecule has 0 amide bonds. The van der Waals surface area contributed by atoms with E-state index in [4.69, 9.17) is 9.98 Å². The van der Waals surface area contributed by atoms with Crippen molar-refractivity contribution in [3.05, 3.63) is 100 Å². The maximum Gasteiger partial charge on any atom is 0.262 e. The first-order chi connectivity index (χ1) is 14.6. The van der Waals surface area contributed by atoms with Crippen LogP contribution in [-0.4, -0.2) is 14.5 Å². The van der Waals surface area contributed by atoms with Crippen molar-refractivity contribution in [2.45, 2.75) is 6.92 Å². The molecule has 0 aliphatic heterocycles. The van der Waals surface area contributed by atoms with Crippen LogP contribution in [0.3, 0.4) is 0 Å². The van der Waals surface area contributed by atoms with Crippen molar-refractivity contribution in [1.82, 2.24) is 14.5 Å². The number of para-hydroxylation sites is 1. The average Bonchev–Trinajstić information content (AvgIpc) is 2.78. The number of H-pyrrole nitrogens is 1. The van der Waals surface area contributed by atoms with E-state index in [9.17, 15) is 4.79 Å². The van der Waals surface area contributed by atoms with Gasteiger partial charge in [-0.25, -0.2) is 9.98 Å². The van der Waals surface area contributed by atoms with E-state index >= 15 is 0 Å². The number of benzene rings is 3. The van der Waals surface area contributed by atoms with E-state index in [1.807, 2.05) is 97.4 Å². The minimum Gasteiger partial charge on any atom is -0.328 e. The Morgan fingerprint density at radius 2 is 1.60 bits per heavy atom. The van der Waals surface area contributed by atoms with Crippen molar-refractivity contribution < 1.29 is 0 Å². The van der Waals surface area contributed by atoms with Crippen molar-refractivity contribution in [3.8, 4) is 11.4 Å². The summed E-state index contributed by atoms with van der Waals surface area (Å²) < 4.78 is 1.96. The maximum atomic E-state index is 13.3. The number of pyridine rings is 1. The number of nitrogens with zero attached hydrogens (tertiary/aromatic N) is 3. The zero-order valence-corrected chi connectivity index (χ0v) is 16.8. The smallest absolute Gasteiger partial charge is 0.262 e. The highest BCUT2D eigenvalue weighted by atomic mass is 16.1. The highest BCUT2D eigenvalue weighted by Gasteiger charge is 2.14. The Balaban J connectivity index is 1.94. The Morgan fingerprint density at radius 3 is 2.37 bits per heavy atom. The van der Waals surface area contributed by atoms with Gasteiger partial charge in [-0.15, -0.1) is 0 Å². The lowest BCUT2D eigenvalue weighted by Crippen LogP contribution is -2.22. The summed E-state index contributed by atoms with van der Waals surface area (Å²) >= 11 is 0. The molecule has 0 fully saturated rings. The molecular weight excluding hydrogens is 372 g/mol. The van der Waals surface area contributed by atoms with Gasteiger partial charge in [0.1, 0.15) is 16.9 Å². The van der Waals surface area contributed by atoms with Gasteiger partial charge in [0, 0.05) is 18.0 Å². The minimum atomic E-state index is -0.203. The quantitative estimate of drug-likeness (QED) is 0.446. The number of aromatic amines is 1. The summed E-state index contributed by atoms with van der Waals surface area (Å²) in [5.41, 5.74) is 4.19. The van der Waals surface area contributed by atoms with Gasteiger partial charge in [-0.1, -0.05) is 66.2 Å². The number of nitrogens with one attached hydrogen (secondary N) is 1. The van der Waals surface area contributed by atoms with Crippen molar-refractivity contribution in [1.29, 1.82) is 0 Å². The summed E-state index contributed by atoms with van der Waals surface area (Å²) in [5.74, 6) is 0.542. The second kappa shape index (κ2) is 7.12. The third-order valence-corrected chi connectivity index (χ3v) is 5.30. The largest absolute Gasteiger partial charge is 0.328 e. The predicted molar refractivity (Wildman–Crippen MR) is 121 cm³/mol. The average molecular weight is 392 g/mol. The van der Waals surface area contributed by atoms with Crippen molar-refractivity contribution in [2.75, 3.05) is 0 Å². The maximum absolute atomic E-state index is 13.3. The fraction of sp³-hybridized carbons (Fsp3) is 0.0800. The molecule has 0 saturated carbocycles. The van der Waals surface area contributed by atoms with Gasteiger partial charge in [-0.3, -0.25) is 4.79 Å². The van der Waals surface area contributed by atoms with Gasteiger partial charge in [0.15, 0.2) is 0 Å². The van der Waals surface area contributed by atoms with Crippen LogP contribution in [0.2, 0.25) is 0 Å². The Labute approximate surface area is 173 Å². The van der Waals surface area contributed by atoms with Gasteiger partial charge < -0.3 is 9.55 Å². The summed E-state index contributed by atoms with van der Waals surface area (Å²) in [6.45, 7) is 2.04. The normalized spacial score (nSPS) is 12.0. The fourth-order valence-electron chi connectivity index (χ4n) is 3.73. The molecule has 5 aromatic rings. The third kappa shape index (κ3) is 3.01. The minimum absolute atomic E-state index is 0.203. The number of hydrogen-bond acceptors (Lipinski definition) is 3. The summed E-state index contributed by atoms with van der Waals surface area (Å²) in [5, 5.41) is 2.03. The van der Waals surface area contributed by atoms with Crippen LogP contribution in [0.15, 0.2) is 88.6 Å². The Hall–Kier alpha value is -3.99. The molecule has 5 rings (SSSR count). The molecule has 0 aliphatic rings. The zero-order valence-electron chi connectivity index (χ0n) is 16.8. The summed E-state index contributed by atoms with van der Waals surface area (Å²) in [6, 6.07) is 25.6. The highest BCUT2D eigenvalue weighted by molar-refractivity contribution is 5.91. The van der Waals surface area contributed by atoms with Crippen LogP contribution in [0.25, 0.3) is 33.3 Å². The molecule has 0 bridgehead atoms. The predicted octanol–water partition coefficient (Wildman–Crippen LogP) is 4.62. The Bertz CT molecular complexity index is 1510. The van der Waals surface area contributed by atoms with Gasteiger partial charge in [0.2, 0.25) is 0 Å². The van der Waals surface area contributed by atoms with E-state index in [0.717, 1.165) is 27.7 Å². The molecule has 2 aromatic heterocycles. The van der Waals surface area contributed by atoms with Crippen LogP contribution >= 0.6 is 0 Å². The van der Waals surface area contributed by atoms with Gasteiger partial charge in [0.25, 0.3) is 5.56 Å². The van der Waals surface area contributed by atoms with Crippen LogP contribution in [0.5, 0.6) is 0 Å². The second-order valence-electron chi connectivity index (χ2n) is 7.35. The molecule has 0 atom stereocenters. The first-order valence-electron chi connectivity index (χ1n) is 9.80. The molecule has 0 aliphatic carbocycles. The highest BCUT2D eigenvalue weighted by Crippen LogP contribution is 2.20. The van der Waals surface area contributed by atoms with E-state index in [2.05, 4.69) is 4.98 Å². The first-order valence-corrected chi connectivity index (χ1v) is 9.80. The summed E-state index contributed by atoms with van der Waals surface area (Å²) in [7, 11) is 1.93. The van der Waals surface area contributed by atoms with Gasteiger partial charge in [0.05, 0.1) is 16.6 Å². The molecule has 0 unspecified atom stereocenters. The molecule has 1 N–H and O–H groups in total. The second-order valence-corrected chi connectivity index (χ2v) is 7.35. The number of fused-ring (bicyclic) bond motifs is 2. The number of hydrogen-bond donors (Lipinski definition) is 1. The van der Waals surface area contributed by atoms with Crippen molar-refractivity contribution in [3.63, 3.8) is 0 Å². The van der Waals surface area contributed by atoms with E-state index in [1.54, 1.807) is 0 Å². The monoisotopic (exact) mass is 392 g/mol.